The Morgan fingerprint density at radius 1 is 1.17 bits per heavy atom. The van der Waals surface area contributed by atoms with Crippen molar-refractivity contribution in [2.45, 2.75) is 6.04 Å². The number of likely N-dealkylation sites (N-methyl/N-ethyl adjacent to an activating group) is 1. The Morgan fingerprint density at radius 2 is 1.96 bits per heavy atom. The highest BCUT2D eigenvalue weighted by Crippen LogP contribution is 2.41. The molecule has 1 aromatic carbocycles. The first kappa shape index (κ1) is 16.3. The first-order valence-electron chi connectivity index (χ1n) is 8.18. The maximum absolute atomic E-state index is 6.28. The highest BCUT2D eigenvalue weighted by molar-refractivity contribution is 9.15. The fourth-order valence-electron chi connectivity index (χ4n) is 3.57. The molecule has 1 fully saturated rings. The van der Waals surface area contributed by atoms with Crippen LogP contribution in [0.15, 0.2) is 36.5 Å². The van der Waals surface area contributed by atoms with Crippen molar-refractivity contribution in [1.29, 1.82) is 0 Å². The SMILES string of the molecule is CN1CCN(C2c3ccc(Cl)cc3C(Br)=Cc3cccnc32)CC1. The van der Waals surface area contributed by atoms with Gasteiger partial charge in [-0.15, -0.1) is 0 Å². The van der Waals surface area contributed by atoms with Crippen LogP contribution in [0, 0.1) is 0 Å². The van der Waals surface area contributed by atoms with Crippen LogP contribution in [-0.2, 0) is 0 Å². The Kier molecular flexibility index (Phi) is 4.48. The van der Waals surface area contributed by atoms with Crippen LogP contribution in [0.25, 0.3) is 10.6 Å². The first-order chi connectivity index (χ1) is 11.6. The lowest BCUT2D eigenvalue weighted by atomic mass is 9.96. The molecule has 2 aliphatic rings. The molecular formula is C19H19BrClN3. The molecule has 2 aromatic rings. The molecule has 0 amide bonds. The Balaban J connectivity index is 1.88. The van der Waals surface area contributed by atoms with Crippen LogP contribution >= 0.6 is 27.5 Å². The highest BCUT2D eigenvalue weighted by atomic mass is 79.9. The van der Waals surface area contributed by atoms with Crippen LogP contribution in [0.3, 0.4) is 0 Å². The minimum absolute atomic E-state index is 0.161. The zero-order valence-corrected chi connectivity index (χ0v) is 15.9. The standard InChI is InChI=1S/C19H19BrClN3/c1-23-7-9-24(10-8-23)19-15-5-4-14(21)12-16(15)17(20)11-13-3-2-6-22-18(13)19/h2-6,11-12,19H,7-10H2,1H3. The molecule has 0 spiro atoms. The number of fused-ring (bicyclic) bond motifs is 2. The largest absolute Gasteiger partial charge is 0.304 e. The van der Waals surface area contributed by atoms with Gasteiger partial charge in [0.1, 0.15) is 0 Å². The summed E-state index contributed by atoms with van der Waals surface area (Å²) in [5.41, 5.74) is 4.72. The molecular weight excluding hydrogens is 386 g/mol. The molecule has 0 saturated carbocycles. The Hall–Kier alpha value is -1.20. The highest BCUT2D eigenvalue weighted by Gasteiger charge is 2.31. The molecule has 0 N–H and O–H groups in total. The first-order valence-corrected chi connectivity index (χ1v) is 9.35. The van der Waals surface area contributed by atoms with E-state index in [1.807, 2.05) is 24.4 Å². The van der Waals surface area contributed by atoms with Crippen LogP contribution in [0.1, 0.15) is 28.4 Å². The Morgan fingerprint density at radius 3 is 2.75 bits per heavy atom. The second-order valence-corrected chi connectivity index (χ2v) is 7.73. The van der Waals surface area contributed by atoms with Crippen LogP contribution in [0.2, 0.25) is 5.02 Å². The van der Waals surface area contributed by atoms with Crippen LogP contribution in [0.5, 0.6) is 0 Å². The van der Waals surface area contributed by atoms with Crippen LogP contribution in [-0.4, -0.2) is 48.0 Å². The van der Waals surface area contributed by atoms with Gasteiger partial charge in [-0.1, -0.05) is 39.7 Å². The van der Waals surface area contributed by atoms with Gasteiger partial charge in [0, 0.05) is 41.9 Å². The number of nitrogens with zero attached hydrogens (tertiary/aromatic N) is 3. The molecule has 1 aliphatic carbocycles. The predicted octanol–water partition coefficient (Wildman–Crippen LogP) is 4.28. The molecule has 3 nitrogen and oxygen atoms in total. The lowest BCUT2D eigenvalue weighted by Crippen LogP contribution is -2.46. The summed E-state index contributed by atoms with van der Waals surface area (Å²) >= 11 is 10.0. The van der Waals surface area contributed by atoms with Crippen molar-refractivity contribution in [2.75, 3.05) is 33.2 Å². The minimum atomic E-state index is 0.161. The molecule has 4 rings (SSSR count). The van der Waals surface area contributed by atoms with Gasteiger partial charge >= 0.3 is 0 Å². The van der Waals surface area contributed by atoms with Gasteiger partial charge in [-0.3, -0.25) is 9.88 Å². The summed E-state index contributed by atoms with van der Waals surface area (Å²) < 4.78 is 1.06. The average Bonchev–Trinajstić information content (AvgIpc) is 2.70. The summed E-state index contributed by atoms with van der Waals surface area (Å²) in [6.45, 7) is 4.24. The molecule has 0 bridgehead atoms. The molecule has 24 heavy (non-hydrogen) atoms. The third kappa shape index (κ3) is 2.93. The van der Waals surface area contributed by atoms with Gasteiger partial charge in [-0.2, -0.15) is 0 Å². The topological polar surface area (TPSA) is 19.4 Å². The molecule has 1 atom stereocenters. The number of hydrogen-bond acceptors (Lipinski definition) is 3. The summed E-state index contributed by atoms with van der Waals surface area (Å²) in [6, 6.07) is 10.5. The summed E-state index contributed by atoms with van der Waals surface area (Å²) in [5, 5.41) is 0.759. The van der Waals surface area contributed by atoms with E-state index in [9.17, 15) is 0 Å². The third-order valence-corrected chi connectivity index (χ3v) is 5.77. The molecule has 1 unspecified atom stereocenters. The second kappa shape index (κ2) is 6.60. The summed E-state index contributed by atoms with van der Waals surface area (Å²) in [4.78, 5) is 9.68. The van der Waals surface area contributed by atoms with Crippen LogP contribution in [0.4, 0.5) is 0 Å². The number of benzene rings is 1. The Bertz CT molecular complexity index is 797. The quantitative estimate of drug-likeness (QED) is 0.707. The van der Waals surface area contributed by atoms with E-state index in [1.54, 1.807) is 0 Å². The van der Waals surface area contributed by atoms with E-state index in [0.717, 1.165) is 46.9 Å². The van der Waals surface area contributed by atoms with E-state index in [0.29, 0.717) is 0 Å². The average molecular weight is 405 g/mol. The van der Waals surface area contributed by atoms with Gasteiger partial charge in [0.15, 0.2) is 0 Å². The van der Waals surface area contributed by atoms with E-state index in [2.05, 4.69) is 51.0 Å². The number of hydrogen-bond donors (Lipinski definition) is 0. The van der Waals surface area contributed by atoms with Gasteiger partial charge in [-0.05, 0) is 48.0 Å². The fraction of sp³-hybridized carbons (Fsp3) is 0.316. The molecule has 1 saturated heterocycles. The van der Waals surface area contributed by atoms with Crippen molar-refractivity contribution in [3.05, 3.63) is 63.9 Å². The number of aromatic nitrogens is 1. The molecule has 1 aliphatic heterocycles. The number of pyridine rings is 1. The van der Waals surface area contributed by atoms with Crippen molar-refractivity contribution < 1.29 is 0 Å². The van der Waals surface area contributed by atoms with Gasteiger partial charge in [-0.25, -0.2) is 0 Å². The molecule has 2 heterocycles. The Labute approximate surface area is 156 Å². The summed E-state index contributed by atoms with van der Waals surface area (Å²) in [6.07, 6.45) is 4.05. The lowest BCUT2D eigenvalue weighted by molar-refractivity contribution is 0.125. The van der Waals surface area contributed by atoms with E-state index in [4.69, 9.17) is 16.6 Å². The van der Waals surface area contributed by atoms with Gasteiger partial charge in [0.2, 0.25) is 0 Å². The summed E-state index contributed by atoms with van der Waals surface area (Å²) in [7, 11) is 2.18. The third-order valence-electron chi connectivity index (χ3n) is 4.88. The zero-order valence-electron chi connectivity index (χ0n) is 13.5. The van der Waals surface area contributed by atoms with E-state index in [1.165, 1.54) is 11.1 Å². The normalized spacial score (nSPS) is 21.6. The molecule has 1 aromatic heterocycles. The number of halogens is 2. The lowest BCUT2D eigenvalue weighted by Gasteiger charge is -2.38. The fourth-order valence-corrected chi connectivity index (χ4v) is 4.33. The van der Waals surface area contributed by atoms with Crippen molar-refractivity contribution in [1.82, 2.24) is 14.8 Å². The number of piperazine rings is 1. The predicted molar refractivity (Wildman–Crippen MR) is 103 cm³/mol. The summed E-state index contributed by atoms with van der Waals surface area (Å²) in [5.74, 6) is 0. The van der Waals surface area contributed by atoms with E-state index >= 15 is 0 Å². The van der Waals surface area contributed by atoms with E-state index < -0.39 is 0 Å². The monoisotopic (exact) mass is 403 g/mol. The van der Waals surface area contributed by atoms with Gasteiger partial charge in [0.05, 0.1) is 11.7 Å². The molecule has 124 valence electrons. The van der Waals surface area contributed by atoms with Crippen molar-refractivity contribution in [2.24, 2.45) is 0 Å². The second-order valence-electron chi connectivity index (χ2n) is 6.44. The minimum Gasteiger partial charge on any atom is -0.304 e. The maximum atomic E-state index is 6.28. The van der Waals surface area contributed by atoms with Crippen molar-refractivity contribution >= 4 is 38.1 Å². The van der Waals surface area contributed by atoms with Crippen molar-refractivity contribution in [3.63, 3.8) is 0 Å². The van der Waals surface area contributed by atoms with Gasteiger partial charge in [0.25, 0.3) is 0 Å². The van der Waals surface area contributed by atoms with E-state index in [-0.39, 0.29) is 6.04 Å². The smallest absolute Gasteiger partial charge is 0.0789 e. The van der Waals surface area contributed by atoms with Crippen molar-refractivity contribution in [3.8, 4) is 0 Å². The molecule has 5 heteroatoms. The maximum Gasteiger partial charge on any atom is 0.0789 e. The number of rotatable bonds is 1. The van der Waals surface area contributed by atoms with Gasteiger partial charge < -0.3 is 4.90 Å². The van der Waals surface area contributed by atoms with Crippen LogP contribution < -0.4 is 0 Å². The zero-order chi connectivity index (χ0) is 16.7. The molecule has 0 radical (unpaired) electrons.